The Balaban J connectivity index is 1.28. The maximum absolute atomic E-state index is 12.1. The van der Waals surface area contributed by atoms with E-state index in [1.165, 1.54) is 22.3 Å². The van der Waals surface area contributed by atoms with Gasteiger partial charge in [0.05, 0.1) is 13.3 Å². The number of alkyl carbamates (subject to hydrolysis) is 1. The largest absolute Gasteiger partial charge is 0.495 e. The van der Waals surface area contributed by atoms with Crippen LogP contribution in [-0.4, -0.2) is 31.3 Å². The molecule has 0 saturated heterocycles. The van der Waals surface area contributed by atoms with E-state index < -0.39 is 6.09 Å². The zero-order valence-corrected chi connectivity index (χ0v) is 16.7. The highest BCUT2D eigenvalue weighted by Crippen LogP contribution is 2.44. The number of hydrogen-bond donors (Lipinski definition) is 1. The first-order chi connectivity index (χ1) is 14.8. The summed E-state index contributed by atoms with van der Waals surface area (Å²) in [5.74, 6) is 6.75. The Bertz CT molecular complexity index is 1070. The van der Waals surface area contributed by atoms with Crippen molar-refractivity contribution in [3.8, 4) is 28.7 Å². The lowest BCUT2D eigenvalue weighted by molar-refractivity contribution is 0.143. The zero-order valence-electron chi connectivity index (χ0n) is 16.7. The molecule has 1 heterocycles. The summed E-state index contributed by atoms with van der Waals surface area (Å²) < 4.78 is 10.6. The van der Waals surface area contributed by atoms with E-state index in [1.807, 2.05) is 30.3 Å². The first-order valence-corrected chi connectivity index (χ1v) is 9.83. The molecule has 5 nitrogen and oxygen atoms in total. The van der Waals surface area contributed by atoms with Crippen LogP contribution < -0.4 is 10.1 Å². The molecule has 0 radical (unpaired) electrons. The maximum Gasteiger partial charge on any atom is 0.407 e. The monoisotopic (exact) mass is 398 g/mol. The molecule has 2 aromatic carbocycles. The van der Waals surface area contributed by atoms with Gasteiger partial charge in [-0.15, -0.1) is 0 Å². The Hall–Kier alpha value is -3.78. The van der Waals surface area contributed by atoms with Gasteiger partial charge >= 0.3 is 6.09 Å². The normalized spacial score (nSPS) is 11.6. The third-order valence-electron chi connectivity index (χ3n) is 5.04. The van der Waals surface area contributed by atoms with Gasteiger partial charge in [-0.25, -0.2) is 4.79 Å². The predicted octanol–water partition coefficient (Wildman–Crippen LogP) is 4.37. The van der Waals surface area contributed by atoms with Crippen molar-refractivity contribution in [2.75, 3.05) is 20.3 Å². The van der Waals surface area contributed by atoms with Crippen molar-refractivity contribution < 1.29 is 14.3 Å². The van der Waals surface area contributed by atoms with E-state index >= 15 is 0 Å². The highest BCUT2D eigenvalue weighted by molar-refractivity contribution is 5.79. The minimum Gasteiger partial charge on any atom is -0.495 e. The van der Waals surface area contributed by atoms with Crippen LogP contribution in [0.5, 0.6) is 5.75 Å². The van der Waals surface area contributed by atoms with Crippen LogP contribution in [0, 0.1) is 11.8 Å². The summed E-state index contributed by atoms with van der Waals surface area (Å²) in [5.41, 5.74) is 5.60. The van der Waals surface area contributed by atoms with E-state index in [4.69, 9.17) is 9.47 Å². The second-order valence-electron chi connectivity index (χ2n) is 6.92. The first kappa shape index (κ1) is 19.5. The van der Waals surface area contributed by atoms with Gasteiger partial charge < -0.3 is 14.8 Å². The van der Waals surface area contributed by atoms with Gasteiger partial charge in [-0.3, -0.25) is 4.98 Å². The molecule has 0 bridgehead atoms. The molecule has 1 aliphatic rings. The van der Waals surface area contributed by atoms with E-state index in [0.29, 0.717) is 25.3 Å². The Labute approximate surface area is 176 Å². The fourth-order valence-electron chi connectivity index (χ4n) is 3.64. The number of nitrogens with zero attached hydrogens (tertiary/aromatic N) is 1. The van der Waals surface area contributed by atoms with Crippen molar-refractivity contribution in [2.45, 2.75) is 12.3 Å². The van der Waals surface area contributed by atoms with Crippen LogP contribution in [0.15, 0.2) is 67.0 Å². The van der Waals surface area contributed by atoms with Crippen molar-refractivity contribution in [3.05, 3.63) is 83.7 Å². The lowest BCUT2D eigenvalue weighted by Gasteiger charge is -2.14. The lowest BCUT2D eigenvalue weighted by Crippen LogP contribution is -2.26. The summed E-state index contributed by atoms with van der Waals surface area (Å²) in [6.07, 6.45) is 3.39. The summed E-state index contributed by atoms with van der Waals surface area (Å²) in [6, 6.07) is 18.4. The third-order valence-corrected chi connectivity index (χ3v) is 5.04. The molecule has 1 aliphatic carbocycles. The number of carbonyl (C=O) groups is 1. The van der Waals surface area contributed by atoms with Crippen LogP contribution in [0.3, 0.4) is 0 Å². The Morgan fingerprint density at radius 3 is 2.47 bits per heavy atom. The molecule has 0 atom stereocenters. The summed E-state index contributed by atoms with van der Waals surface area (Å²) in [6.45, 7) is 0.724. The number of fused-ring (bicyclic) bond motifs is 3. The molecule has 150 valence electrons. The fourth-order valence-corrected chi connectivity index (χ4v) is 3.64. The molecule has 0 spiro atoms. The van der Waals surface area contributed by atoms with E-state index in [0.717, 1.165) is 5.56 Å². The molecular formula is C25H22N2O3. The van der Waals surface area contributed by atoms with Crippen LogP contribution in [0.2, 0.25) is 0 Å². The second-order valence-corrected chi connectivity index (χ2v) is 6.92. The minimum atomic E-state index is -0.429. The molecule has 5 heteroatoms. The number of aromatic nitrogens is 1. The van der Waals surface area contributed by atoms with Crippen LogP contribution in [0.25, 0.3) is 11.1 Å². The van der Waals surface area contributed by atoms with Gasteiger partial charge in [0.2, 0.25) is 0 Å². The molecule has 0 fully saturated rings. The molecule has 1 aromatic heterocycles. The van der Waals surface area contributed by atoms with Crippen molar-refractivity contribution in [1.29, 1.82) is 0 Å². The maximum atomic E-state index is 12.1. The predicted molar refractivity (Wildman–Crippen MR) is 115 cm³/mol. The number of amides is 1. The van der Waals surface area contributed by atoms with Gasteiger partial charge in [-0.1, -0.05) is 60.4 Å². The van der Waals surface area contributed by atoms with Crippen LogP contribution >= 0.6 is 0 Å². The Morgan fingerprint density at radius 1 is 1.07 bits per heavy atom. The van der Waals surface area contributed by atoms with Crippen molar-refractivity contribution in [2.24, 2.45) is 0 Å². The smallest absolute Gasteiger partial charge is 0.407 e. The number of carbonyl (C=O) groups excluding carboxylic acids is 1. The van der Waals surface area contributed by atoms with E-state index in [2.05, 4.69) is 46.4 Å². The van der Waals surface area contributed by atoms with Gasteiger partial charge in [0, 0.05) is 30.6 Å². The average Bonchev–Trinajstić information content (AvgIpc) is 3.11. The SMILES string of the molecule is COc1cncc(C#CCCNC(=O)OCC2c3ccccc3-c3ccccc32)c1. The number of hydrogen-bond acceptors (Lipinski definition) is 4. The first-order valence-electron chi connectivity index (χ1n) is 9.83. The molecule has 0 unspecified atom stereocenters. The van der Waals surface area contributed by atoms with Gasteiger partial charge in [0.25, 0.3) is 0 Å². The fraction of sp³-hybridized carbons (Fsp3) is 0.200. The number of pyridine rings is 1. The molecule has 0 saturated carbocycles. The number of ether oxygens (including phenoxy) is 2. The summed E-state index contributed by atoms with van der Waals surface area (Å²) in [7, 11) is 1.59. The van der Waals surface area contributed by atoms with Crippen LogP contribution in [-0.2, 0) is 4.74 Å². The summed E-state index contributed by atoms with van der Waals surface area (Å²) >= 11 is 0. The van der Waals surface area contributed by atoms with Crippen molar-refractivity contribution in [1.82, 2.24) is 10.3 Å². The third kappa shape index (κ3) is 4.28. The lowest BCUT2D eigenvalue weighted by atomic mass is 9.98. The number of rotatable bonds is 5. The number of benzene rings is 2. The molecular weight excluding hydrogens is 376 g/mol. The Kier molecular flexibility index (Phi) is 5.95. The minimum absolute atomic E-state index is 0.0588. The Morgan fingerprint density at radius 2 is 1.77 bits per heavy atom. The molecule has 1 N–H and O–H groups in total. The van der Waals surface area contributed by atoms with Gasteiger partial charge in [-0.2, -0.15) is 0 Å². The summed E-state index contributed by atoms with van der Waals surface area (Å²) in [5, 5.41) is 2.76. The van der Waals surface area contributed by atoms with E-state index in [9.17, 15) is 4.79 Å². The molecule has 4 rings (SSSR count). The van der Waals surface area contributed by atoms with Gasteiger partial charge in [0.15, 0.2) is 0 Å². The van der Waals surface area contributed by atoms with Crippen molar-refractivity contribution in [3.63, 3.8) is 0 Å². The zero-order chi connectivity index (χ0) is 20.8. The average molecular weight is 398 g/mol. The number of methoxy groups -OCH3 is 1. The molecule has 0 aliphatic heterocycles. The quantitative estimate of drug-likeness (QED) is 0.512. The van der Waals surface area contributed by atoms with Crippen LogP contribution in [0.1, 0.15) is 29.0 Å². The molecule has 3 aromatic rings. The van der Waals surface area contributed by atoms with Crippen molar-refractivity contribution >= 4 is 6.09 Å². The molecule has 30 heavy (non-hydrogen) atoms. The van der Waals surface area contributed by atoms with Gasteiger partial charge in [0.1, 0.15) is 12.4 Å². The highest BCUT2D eigenvalue weighted by atomic mass is 16.5. The van der Waals surface area contributed by atoms with Gasteiger partial charge in [-0.05, 0) is 28.3 Å². The van der Waals surface area contributed by atoms with E-state index in [1.54, 1.807) is 19.5 Å². The molecule has 1 amide bonds. The summed E-state index contributed by atoms with van der Waals surface area (Å²) in [4.78, 5) is 16.2. The highest BCUT2D eigenvalue weighted by Gasteiger charge is 2.28. The second kappa shape index (κ2) is 9.15. The standard InChI is InChI=1S/C25H22N2O3/c1-29-19-14-18(15-26-16-19)8-6-7-13-27-25(28)30-17-24-22-11-4-2-9-20(22)21-10-3-5-12-23(21)24/h2-5,9-12,14-16,24H,7,13,17H2,1H3,(H,27,28). The van der Waals surface area contributed by atoms with E-state index in [-0.39, 0.29) is 5.92 Å². The van der Waals surface area contributed by atoms with Crippen LogP contribution in [0.4, 0.5) is 4.79 Å². The topological polar surface area (TPSA) is 60.5 Å². The number of nitrogens with one attached hydrogen (secondary N) is 1.